The summed E-state index contributed by atoms with van der Waals surface area (Å²) in [6, 6.07) is 18.2. The van der Waals surface area contributed by atoms with E-state index in [4.69, 9.17) is 27.6 Å². The molecule has 0 bridgehead atoms. The Morgan fingerprint density at radius 1 is 1.04 bits per heavy atom. The Morgan fingerprint density at radius 2 is 1.86 bits per heavy atom. The monoisotopic (exact) mass is 408 g/mol. The molecule has 0 aliphatic rings. The second kappa shape index (κ2) is 7.89. The zero-order chi connectivity index (χ0) is 19.5. The average molecular weight is 409 g/mol. The molecule has 2 heterocycles. The van der Waals surface area contributed by atoms with Crippen LogP contribution in [-0.4, -0.2) is 16.0 Å². The number of rotatable bonds is 5. The van der Waals surface area contributed by atoms with Gasteiger partial charge in [-0.1, -0.05) is 53.5 Å². The normalized spacial score (nSPS) is 11.2. The maximum atomic E-state index is 12.5. The van der Waals surface area contributed by atoms with Crippen molar-refractivity contribution in [2.75, 3.05) is 0 Å². The van der Waals surface area contributed by atoms with Gasteiger partial charge < -0.3 is 4.42 Å². The smallest absolute Gasteiger partial charge is 0.221 e. The molecule has 0 radical (unpaired) electrons. The molecular weight excluding hydrogens is 395 g/mol. The lowest BCUT2D eigenvalue weighted by Gasteiger charge is -2.01. The number of furan rings is 1. The number of ketones is 1. The van der Waals surface area contributed by atoms with E-state index in [2.05, 4.69) is 10.2 Å². The van der Waals surface area contributed by atoms with E-state index in [1.807, 2.05) is 30.3 Å². The molecule has 0 atom stereocenters. The van der Waals surface area contributed by atoms with Crippen LogP contribution in [0.2, 0.25) is 10.0 Å². The number of benzene rings is 2. The highest BCUT2D eigenvalue weighted by atomic mass is 35.5. The minimum absolute atomic E-state index is 0.215. The maximum absolute atomic E-state index is 12.5. The summed E-state index contributed by atoms with van der Waals surface area (Å²) in [5, 5.41) is 8.07. The molecule has 0 saturated carbocycles. The van der Waals surface area contributed by atoms with Gasteiger partial charge >= 0.3 is 0 Å². The average Bonchev–Trinajstić information content (AvgIpc) is 3.38. The number of nitrogens with one attached hydrogen (secondary N) is 1. The van der Waals surface area contributed by atoms with Gasteiger partial charge in [0.15, 0.2) is 5.76 Å². The van der Waals surface area contributed by atoms with Crippen molar-refractivity contribution in [3.05, 3.63) is 94.3 Å². The number of carbonyl (C=O) groups is 1. The minimum atomic E-state index is -0.260. The first-order chi connectivity index (χ1) is 13.6. The van der Waals surface area contributed by atoms with E-state index in [1.165, 1.54) is 6.08 Å². The summed E-state index contributed by atoms with van der Waals surface area (Å²) in [7, 11) is 0. The quantitative estimate of drug-likeness (QED) is 0.301. The molecule has 0 saturated heterocycles. The van der Waals surface area contributed by atoms with Crippen LogP contribution in [0.5, 0.6) is 0 Å². The molecule has 138 valence electrons. The van der Waals surface area contributed by atoms with Gasteiger partial charge in [-0.05, 0) is 42.5 Å². The Hall–Kier alpha value is -3.08. The van der Waals surface area contributed by atoms with Crippen molar-refractivity contribution in [3.63, 3.8) is 0 Å². The number of halogens is 2. The SMILES string of the molecule is O=C(C=Cc1cn[nH]c1-c1ccccc1)c1ccc(-c2cc(Cl)ccc2Cl)o1. The van der Waals surface area contributed by atoms with Crippen molar-refractivity contribution in [2.24, 2.45) is 0 Å². The summed E-state index contributed by atoms with van der Waals surface area (Å²) in [4.78, 5) is 12.5. The van der Waals surface area contributed by atoms with Crippen molar-refractivity contribution in [1.29, 1.82) is 0 Å². The van der Waals surface area contributed by atoms with Crippen LogP contribution >= 0.6 is 23.2 Å². The molecule has 0 unspecified atom stereocenters. The Kier molecular flexibility index (Phi) is 5.15. The van der Waals surface area contributed by atoms with Crippen molar-refractivity contribution in [3.8, 4) is 22.6 Å². The summed E-state index contributed by atoms with van der Waals surface area (Å²) in [6.45, 7) is 0. The van der Waals surface area contributed by atoms with E-state index in [1.54, 1.807) is 42.6 Å². The highest BCUT2D eigenvalue weighted by Gasteiger charge is 2.13. The Morgan fingerprint density at radius 3 is 2.68 bits per heavy atom. The van der Waals surface area contributed by atoms with Gasteiger partial charge in [-0.3, -0.25) is 9.89 Å². The summed E-state index contributed by atoms with van der Waals surface area (Å²) in [5.74, 6) is 0.439. The maximum Gasteiger partial charge on any atom is 0.221 e. The molecule has 4 nitrogen and oxygen atoms in total. The van der Waals surface area contributed by atoms with Crippen molar-refractivity contribution >= 4 is 35.1 Å². The molecule has 0 spiro atoms. The first-order valence-electron chi connectivity index (χ1n) is 8.48. The number of hydrogen-bond acceptors (Lipinski definition) is 3. The van der Waals surface area contributed by atoms with Gasteiger partial charge in [0, 0.05) is 21.7 Å². The van der Waals surface area contributed by atoms with Crippen LogP contribution in [0.15, 0.2) is 77.4 Å². The number of carbonyl (C=O) groups excluding carboxylic acids is 1. The van der Waals surface area contributed by atoms with E-state index >= 15 is 0 Å². The molecule has 28 heavy (non-hydrogen) atoms. The fraction of sp³-hybridized carbons (Fsp3) is 0. The number of aromatic nitrogens is 2. The van der Waals surface area contributed by atoms with Gasteiger partial charge in [-0.25, -0.2) is 0 Å². The topological polar surface area (TPSA) is 58.9 Å². The van der Waals surface area contributed by atoms with Gasteiger partial charge in [-0.2, -0.15) is 5.10 Å². The summed E-state index contributed by atoms with van der Waals surface area (Å²) in [6.07, 6.45) is 4.84. The first kappa shape index (κ1) is 18.3. The second-order valence-corrected chi connectivity index (χ2v) is 6.90. The predicted octanol–water partition coefficient (Wildman–Crippen LogP) is 6.54. The number of allylic oxidation sites excluding steroid dienone is 1. The molecule has 2 aromatic heterocycles. The molecule has 0 fully saturated rings. The zero-order valence-electron chi connectivity index (χ0n) is 14.5. The molecule has 0 aliphatic carbocycles. The van der Waals surface area contributed by atoms with E-state index in [0.717, 1.165) is 16.8 Å². The fourth-order valence-corrected chi connectivity index (χ4v) is 3.19. The molecule has 0 amide bonds. The first-order valence-corrected chi connectivity index (χ1v) is 9.24. The van der Waals surface area contributed by atoms with Gasteiger partial charge in [0.05, 0.1) is 16.9 Å². The largest absolute Gasteiger partial charge is 0.453 e. The second-order valence-electron chi connectivity index (χ2n) is 6.05. The third-order valence-corrected chi connectivity index (χ3v) is 4.75. The van der Waals surface area contributed by atoms with Crippen molar-refractivity contribution in [1.82, 2.24) is 10.2 Å². The van der Waals surface area contributed by atoms with E-state index in [0.29, 0.717) is 21.4 Å². The number of nitrogens with zero attached hydrogens (tertiary/aromatic N) is 1. The summed E-state index contributed by atoms with van der Waals surface area (Å²) < 4.78 is 5.68. The summed E-state index contributed by atoms with van der Waals surface area (Å²) >= 11 is 12.2. The summed E-state index contributed by atoms with van der Waals surface area (Å²) in [5.41, 5.74) is 3.28. The van der Waals surface area contributed by atoms with Crippen molar-refractivity contribution < 1.29 is 9.21 Å². The van der Waals surface area contributed by atoms with Crippen LogP contribution in [-0.2, 0) is 0 Å². The Bertz CT molecular complexity index is 1160. The lowest BCUT2D eigenvalue weighted by Crippen LogP contribution is -1.90. The third-order valence-electron chi connectivity index (χ3n) is 4.19. The zero-order valence-corrected chi connectivity index (χ0v) is 16.0. The lowest BCUT2D eigenvalue weighted by molar-refractivity contribution is 0.102. The predicted molar refractivity (Wildman–Crippen MR) is 112 cm³/mol. The van der Waals surface area contributed by atoms with E-state index in [9.17, 15) is 4.79 Å². The van der Waals surface area contributed by atoms with Crippen LogP contribution in [0, 0.1) is 0 Å². The van der Waals surface area contributed by atoms with Crippen LogP contribution in [0.25, 0.3) is 28.7 Å². The fourth-order valence-electron chi connectivity index (χ4n) is 2.81. The Labute approximate surface area is 171 Å². The van der Waals surface area contributed by atoms with E-state index in [-0.39, 0.29) is 11.5 Å². The molecule has 6 heteroatoms. The molecule has 4 rings (SSSR count). The Balaban J connectivity index is 1.57. The van der Waals surface area contributed by atoms with Gasteiger partial charge in [0.25, 0.3) is 0 Å². The van der Waals surface area contributed by atoms with E-state index < -0.39 is 0 Å². The minimum Gasteiger partial charge on any atom is -0.453 e. The number of hydrogen-bond donors (Lipinski definition) is 1. The van der Waals surface area contributed by atoms with Gasteiger partial charge in [-0.15, -0.1) is 0 Å². The van der Waals surface area contributed by atoms with Gasteiger partial charge in [0.1, 0.15) is 5.76 Å². The third kappa shape index (κ3) is 3.79. The van der Waals surface area contributed by atoms with Crippen LogP contribution in [0.4, 0.5) is 0 Å². The molecular formula is C22H14Cl2N2O2. The van der Waals surface area contributed by atoms with Crippen molar-refractivity contribution in [2.45, 2.75) is 0 Å². The highest BCUT2D eigenvalue weighted by molar-refractivity contribution is 6.35. The number of H-pyrrole nitrogens is 1. The van der Waals surface area contributed by atoms with Crippen LogP contribution < -0.4 is 0 Å². The number of aromatic amines is 1. The molecule has 0 aliphatic heterocycles. The van der Waals surface area contributed by atoms with Crippen LogP contribution in [0.1, 0.15) is 16.1 Å². The highest BCUT2D eigenvalue weighted by Crippen LogP contribution is 2.32. The molecule has 2 aromatic carbocycles. The lowest BCUT2D eigenvalue weighted by atomic mass is 10.1. The van der Waals surface area contributed by atoms with Gasteiger partial charge in [0.2, 0.25) is 5.78 Å². The standard InChI is InChI=1S/C22H14Cl2N2O2/c23-16-7-8-18(24)17(12-16)20-10-11-21(28-20)19(27)9-6-15-13-25-26-22(15)14-4-2-1-3-5-14/h1-13H,(H,25,26). The molecule has 1 N–H and O–H groups in total. The van der Waals surface area contributed by atoms with Crippen LogP contribution in [0.3, 0.4) is 0 Å². The molecule has 4 aromatic rings.